The lowest BCUT2D eigenvalue weighted by Gasteiger charge is -2.44. The van der Waals surface area contributed by atoms with Gasteiger partial charge in [0.2, 0.25) is 5.91 Å². The van der Waals surface area contributed by atoms with Crippen LogP contribution in [0.15, 0.2) is 36.4 Å². The number of fused-ring (bicyclic) bond motifs is 3. The number of carbonyl (C=O) groups is 2. The van der Waals surface area contributed by atoms with Crippen LogP contribution in [0, 0.1) is 6.92 Å². The molecule has 0 aliphatic carbocycles. The van der Waals surface area contributed by atoms with Crippen molar-refractivity contribution in [2.75, 3.05) is 24.7 Å². The number of rotatable bonds is 5. The molecule has 1 saturated heterocycles. The Morgan fingerprint density at radius 3 is 2.41 bits per heavy atom. The number of carbonyl (C=O) groups excluding carboxylic acids is 2. The molecule has 2 heterocycles. The molecule has 0 unspecified atom stereocenters. The van der Waals surface area contributed by atoms with Crippen LogP contribution in [0.25, 0.3) is 0 Å². The maximum absolute atomic E-state index is 13.3. The molecule has 29 heavy (non-hydrogen) atoms. The van der Waals surface area contributed by atoms with Gasteiger partial charge >= 0.3 is 6.03 Å². The van der Waals surface area contributed by atoms with Gasteiger partial charge in [-0.25, -0.2) is 9.69 Å². The number of anilines is 1. The van der Waals surface area contributed by atoms with Crippen molar-refractivity contribution in [2.24, 2.45) is 0 Å². The number of aryl methyl sites for hydroxylation is 1. The van der Waals surface area contributed by atoms with E-state index >= 15 is 0 Å². The van der Waals surface area contributed by atoms with Crippen LogP contribution in [-0.4, -0.2) is 36.6 Å². The van der Waals surface area contributed by atoms with Crippen LogP contribution in [0.4, 0.5) is 10.5 Å². The predicted molar refractivity (Wildman–Crippen MR) is 111 cm³/mol. The molecule has 0 saturated carbocycles. The average molecular weight is 394 g/mol. The number of hydrogen-bond acceptors (Lipinski definition) is 4. The molecule has 0 bridgehead atoms. The highest BCUT2D eigenvalue weighted by atomic mass is 16.5. The van der Waals surface area contributed by atoms with E-state index in [4.69, 9.17) is 9.47 Å². The predicted octanol–water partition coefficient (Wildman–Crippen LogP) is 4.25. The lowest BCUT2D eigenvalue weighted by molar-refractivity contribution is -0.120. The number of benzene rings is 2. The van der Waals surface area contributed by atoms with Crippen molar-refractivity contribution >= 4 is 17.6 Å². The summed E-state index contributed by atoms with van der Waals surface area (Å²) in [6.07, 6.45) is 0.979. The van der Waals surface area contributed by atoms with Gasteiger partial charge in [-0.3, -0.25) is 4.79 Å². The largest absolute Gasteiger partial charge is 0.490 e. The Morgan fingerprint density at radius 1 is 1.03 bits per heavy atom. The highest BCUT2D eigenvalue weighted by Crippen LogP contribution is 2.42. The van der Waals surface area contributed by atoms with Gasteiger partial charge < -0.3 is 14.4 Å². The molecule has 2 aromatic rings. The van der Waals surface area contributed by atoms with Gasteiger partial charge in [0.1, 0.15) is 0 Å². The van der Waals surface area contributed by atoms with Gasteiger partial charge in [0, 0.05) is 6.54 Å². The Balaban J connectivity index is 1.71. The first-order chi connectivity index (χ1) is 14.0. The smallest absolute Gasteiger partial charge is 0.331 e. The van der Waals surface area contributed by atoms with Crippen molar-refractivity contribution in [1.29, 1.82) is 0 Å². The molecule has 0 N–H and O–H groups in total. The summed E-state index contributed by atoms with van der Waals surface area (Å²) in [5.74, 6) is 1.21. The minimum absolute atomic E-state index is 0.176. The molecule has 3 amide bonds. The second-order valence-corrected chi connectivity index (χ2v) is 7.33. The van der Waals surface area contributed by atoms with Crippen molar-refractivity contribution in [3.8, 4) is 11.5 Å². The number of urea groups is 1. The highest BCUT2D eigenvalue weighted by Gasteiger charge is 2.43. The molecular weight excluding hydrogens is 368 g/mol. The van der Waals surface area contributed by atoms with Gasteiger partial charge in [-0.05, 0) is 62.1 Å². The molecule has 2 aliphatic rings. The van der Waals surface area contributed by atoms with Crippen LogP contribution in [0.1, 0.15) is 43.0 Å². The van der Waals surface area contributed by atoms with Crippen molar-refractivity contribution in [3.05, 3.63) is 53.1 Å². The number of imide groups is 1. The first-order valence-corrected chi connectivity index (χ1v) is 10.2. The van der Waals surface area contributed by atoms with E-state index in [0.717, 1.165) is 28.9 Å². The zero-order valence-electron chi connectivity index (χ0n) is 17.1. The lowest BCUT2D eigenvalue weighted by atomic mass is 9.88. The maximum Gasteiger partial charge on any atom is 0.331 e. The van der Waals surface area contributed by atoms with Crippen LogP contribution in [0.3, 0.4) is 0 Å². The third-order valence-corrected chi connectivity index (χ3v) is 5.57. The zero-order chi connectivity index (χ0) is 20.5. The summed E-state index contributed by atoms with van der Waals surface area (Å²) in [5.41, 5.74) is 3.66. The van der Waals surface area contributed by atoms with Crippen LogP contribution < -0.4 is 14.4 Å². The van der Waals surface area contributed by atoms with Crippen molar-refractivity contribution in [1.82, 2.24) is 4.90 Å². The summed E-state index contributed by atoms with van der Waals surface area (Å²) in [6, 6.07) is 10.9. The van der Waals surface area contributed by atoms with E-state index in [0.29, 0.717) is 31.2 Å². The topological polar surface area (TPSA) is 59.1 Å². The summed E-state index contributed by atoms with van der Waals surface area (Å²) < 4.78 is 11.5. The monoisotopic (exact) mass is 394 g/mol. The van der Waals surface area contributed by atoms with E-state index in [2.05, 4.69) is 0 Å². The molecule has 2 aliphatic heterocycles. The molecule has 6 nitrogen and oxygen atoms in total. The summed E-state index contributed by atoms with van der Waals surface area (Å²) in [5, 5.41) is 0. The van der Waals surface area contributed by atoms with Gasteiger partial charge in [0.25, 0.3) is 0 Å². The maximum atomic E-state index is 13.3. The second kappa shape index (κ2) is 7.78. The summed E-state index contributed by atoms with van der Waals surface area (Å²) in [7, 11) is 0. The molecule has 1 fully saturated rings. The lowest BCUT2D eigenvalue weighted by Crippen LogP contribution is -2.55. The van der Waals surface area contributed by atoms with Crippen molar-refractivity contribution in [2.45, 2.75) is 39.7 Å². The Labute approximate surface area is 171 Å². The Kier molecular flexibility index (Phi) is 5.18. The second-order valence-electron chi connectivity index (χ2n) is 7.33. The first kappa shape index (κ1) is 19.3. The van der Waals surface area contributed by atoms with Gasteiger partial charge in [-0.15, -0.1) is 0 Å². The van der Waals surface area contributed by atoms with Crippen molar-refractivity contribution < 1.29 is 19.1 Å². The van der Waals surface area contributed by atoms with E-state index in [1.165, 1.54) is 4.90 Å². The summed E-state index contributed by atoms with van der Waals surface area (Å²) >= 11 is 0. The fourth-order valence-electron chi connectivity index (χ4n) is 4.24. The molecular formula is C23H26N2O4. The SMILES string of the molecule is CCOc1cc2c(cc1OCC)[C@H]1CC(=O)N(c3ccccc3C)C(=O)N1CC2. The summed E-state index contributed by atoms with van der Waals surface area (Å²) in [4.78, 5) is 29.5. The van der Waals surface area contributed by atoms with Gasteiger partial charge in [0.05, 0.1) is 31.4 Å². The minimum atomic E-state index is -0.270. The fraction of sp³-hybridized carbons (Fsp3) is 0.391. The van der Waals surface area contributed by atoms with Crippen LogP contribution in [0.2, 0.25) is 0 Å². The molecule has 0 radical (unpaired) electrons. The van der Waals surface area contributed by atoms with Gasteiger partial charge in [-0.1, -0.05) is 18.2 Å². The number of para-hydroxylation sites is 1. The minimum Gasteiger partial charge on any atom is -0.490 e. The average Bonchev–Trinajstić information content (AvgIpc) is 2.70. The van der Waals surface area contributed by atoms with E-state index in [1.807, 2.05) is 62.1 Å². The molecule has 0 aromatic heterocycles. The normalized spacial score (nSPS) is 18.4. The Bertz CT molecular complexity index is 956. The number of ether oxygens (including phenoxy) is 2. The van der Waals surface area contributed by atoms with Crippen LogP contribution >= 0.6 is 0 Å². The molecule has 6 heteroatoms. The molecule has 2 aromatic carbocycles. The highest BCUT2D eigenvalue weighted by molar-refractivity contribution is 6.16. The van der Waals surface area contributed by atoms with E-state index in [-0.39, 0.29) is 24.4 Å². The Hall–Kier alpha value is -3.02. The third kappa shape index (κ3) is 3.33. The molecule has 152 valence electrons. The van der Waals surface area contributed by atoms with Crippen LogP contribution in [0.5, 0.6) is 11.5 Å². The number of amides is 3. The van der Waals surface area contributed by atoms with Crippen LogP contribution in [-0.2, 0) is 11.2 Å². The quantitative estimate of drug-likeness (QED) is 0.761. The summed E-state index contributed by atoms with van der Waals surface area (Å²) in [6.45, 7) is 7.43. The first-order valence-electron chi connectivity index (χ1n) is 10.2. The third-order valence-electron chi connectivity index (χ3n) is 5.57. The number of nitrogens with zero attached hydrogens (tertiary/aromatic N) is 2. The fourth-order valence-corrected chi connectivity index (χ4v) is 4.24. The standard InChI is InChI=1S/C23H26N2O4/c1-4-28-20-12-16-10-11-24-19(17(16)13-21(20)29-5-2)14-22(26)25(23(24)27)18-9-7-6-8-15(18)3/h6-9,12-13,19H,4-5,10-11,14H2,1-3H3/t19-/m1/s1. The van der Waals surface area contributed by atoms with E-state index < -0.39 is 0 Å². The van der Waals surface area contributed by atoms with Crippen molar-refractivity contribution in [3.63, 3.8) is 0 Å². The van der Waals surface area contributed by atoms with Gasteiger partial charge in [-0.2, -0.15) is 0 Å². The Morgan fingerprint density at radius 2 is 1.72 bits per heavy atom. The zero-order valence-corrected chi connectivity index (χ0v) is 17.1. The van der Waals surface area contributed by atoms with E-state index in [9.17, 15) is 9.59 Å². The molecule has 1 atom stereocenters. The van der Waals surface area contributed by atoms with Gasteiger partial charge in [0.15, 0.2) is 11.5 Å². The number of hydrogen-bond donors (Lipinski definition) is 0. The molecule has 4 rings (SSSR count). The van der Waals surface area contributed by atoms with E-state index in [1.54, 1.807) is 0 Å². The molecule has 0 spiro atoms.